The zero-order valence-electron chi connectivity index (χ0n) is 10.4. The van der Waals surface area contributed by atoms with Gasteiger partial charge in [-0.05, 0) is 18.2 Å². The molecule has 0 atom stereocenters. The molecule has 2 heterocycles. The number of nitrogens with zero attached hydrogens (tertiary/aromatic N) is 2. The summed E-state index contributed by atoms with van der Waals surface area (Å²) in [5.74, 6) is 0. The fraction of sp³-hybridized carbons (Fsp3) is 0.462. The Bertz CT molecular complexity index is 542. The van der Waals surface area contributed by atoms with Crippen molar-refractivity contribution in [1.82, 2.24) is 9.97 Å². The molecule has 0 unspecified atom stereocenters. The van der Waals surface area contributed by atoms with Crippen molar-refractivity contribution < 1.29 is 9.84 Å². The minimum absolute atomic E-state index is 0.0995. The Morgan fingerprint density at radius 2 is 2.33 bits per heavy atom. The third-order valence-corrected chi connectivity index (χ3v) is 3.57. The Morgan fingerprint density at radius 1 is 1.50 bits per heavy atom. The van der Waals surface area contributed by atoms with Crippen LogP contribution >= 0.6 is 0 Å². The van der Waals surface area contributed by atoms with Crippen molar-refractivity contribution in [2.45, 2.75) is 0 Å². The lowest BCUT2D eigenvalue weighted by Crippen LogP contribution is -2.52. The zero-order chi connectivity index (χ0) is 12.6. The molecule has 0 aliphatic carbocycles. The molecule has 0 radical (unpaired) electrons. The van der Waals surface area contributed by atoms with Crippen LogP contribution in [0.3, 0.4) is 0 Å². The number of aliphatic hydroxyl groups is 1. The molecule has 1 aliphatic rings. The van der Waals surface area contributed by atoms with Crippen molar-refractivity contribution in [3.63, 3.8) is 0 Å². The quantitative estimate of drug-likeness (QED) is 0.846. The number of aromatic nitrogens is 2. The first-order valence-corrected chi connectivity index (χ1v) is 6.05. The maximum absolute atomic E-state index is 9.45. The number of imidazole rings is 1. The molecule has 0 bridgehead atoms. The molecule has 18 heavy (non-hydrogen) atoms. The van der Waals surface area contributed by atoms with Gasteiger partial charge in [-0.1, -0.05) is 0 Å². The molecule has 3 rings (SSSR count). The molecular weight excluding hydrogens is 230 g/mol. The fourth-order valence-electron chi connectivity index (χ4n) is 2.38. The maximum Gasteiger partial charge on any atom is 0.0931 e. The highest BCUT2D eigenvalue weighted by molar-refractivity contribution is 5.78. The Balaban J connectivity index is 1.80. The van der Waals surface area contributed by atoms with Gasteiger partial charge in [0.1, 0.15) is 0 Å². The lowest BCUT2D eigenvalue weighted by Gasteiger charge is -2.42. The van der Waals surface area contributed by atoms with Crippen molar-refractivity contribution in [2.75, 3.05) is 38.3 Å². The van der Waals surface area contributed by atoms with Crippen molar-refractivity contribution in [3.8, 4) is 0 Å². The highest BCUT2D eigenvalue weighted by Crippen LogP contribution is 2.30. The third kappa shape index (κ3) is 1.85. The minimum atomic E-state index is -0.0995. The van der Waals surface area contributed by atoms with Crippen LogP contribution in [0, 0.1) is 5.41 Å². The monoisotopic (exact) mass is 247 g/mol. The number of rotatable bonds is 4. The van der Waals surface area contributed by atoms with Crippen molar-refractivity contribution in [3.05, 3.63) is 24.5 Å². The molecule has 0 spiro atoms. The van der Waals surface area contributed by atoms with E-state index in [4.69, 9.17) is 4.74 Å². The van der Waals surface area contributed by atoms with Gasteiger partial charge in [0.15, 0.2) is 0 Å². The smallest absolute Gasteiger partial charge is 0.0931 e. The molecule has 0 amide bonds. The second-order valence-electron chi connectivity index (χ2n) is 5.11. The molecule has 1 fully saturated rings. The molecule has 1 saturated heterocycles. The van der Waals surface area contributed by atoms with Gasteiger partial charge >= 0.3 is 0 Å². The highest BCUT2D eigenvalue weighted by atomic mass is 16.5. The number of aliphatic hydroxyl groups excluding tert-OH is 1. The predicted octanol–water partition coefficient (Wildman–Crippen LogP) is 1.01. The van der Waals surface area contributed by atoms with E-state index in [1.54, 1.807) is 6.33 Å². The van der Waals surface area contributed by atoms with Gasteiger partial charge in [0.25, 0.3) is 0 Å². The van der Waals surface area contributed by atoms with Gasteiger partial charge in [0, 0.05) is 19.3 Å². The number of H-pyrrole nitrogens is 1. The van der Waals surface area contributed by atoms with Crippen LogP contribution in [-0.4, -0.2) is 48.5 Å². The van der Waals surface area contributed by atoms with E-state index in [2.05, 4.69) is 20.9 Å². The number of anilines is 1. The van der Waals surface area contributed by atoms with Gasteiger partial charge in [-0.25, -0.2) is 4.98 Å². The SMILES string of the molecule is CN(CC1(CO)COC1)c1ccc2nc[nH]c2c1. The number of benzene rings is 1. The molecule has 1 aromatic carbocycles. The molecule has 2 N–H and O–H groups in total. The molecule has 5 nitrogen and oxygen atoms in total. The Hall–Kier alpha value is -1.59. The van der Waals surface area contributed by atoms with Crippen LogP contribution < -0.4 is 4.90 Å². The average Bonchev–Trinajstić information content (AvgIpc) is 2.80. The summed E-state index contributed by atoms with van der Waals surface area (Å²) in [7, 11) is 2.03. The first-order chi connectivity index (χ1) is 8.72. The Morgan fingerprint density at radius 3 is 3.00 bits per heavy atom. The molecule has 5 heteroatoms. The topological polar surface area (TPSA) is 61.4 Å². The van der Waals surface area contributed by atoms with Crippen LogP contribution in [0.1, 0.15) is 0 Å². The van der Waals surface area contributed by atoms with E-state index in [1.807, 2.05) is 19.2 Å². The van der Waals surface area contributed by atoms with Crippen molar-refractivity contribution in [1.29, 1.82) is 0 Å². The lowest BCUT2D eigenvalue weighted by atomic mass is 9.86. The largest absolute Gasteiger partial charge is 0.396 e. The summed E-state index contributed by atoms with van der Waals surface area (Å²) in [6.07, 6.45) is 1.70. The minimum Gasteiger partial charge on any atom is -0.396 e. The van der Waals surface area contributed by atoms with E-state index in [1.165, 1.54) is 0 Å². The number of hydrogen-bond donors (Lipinski definition) is 2. The normalized spacial score (nSPS) is 17.7. The van der Waals surface area contributed by atoms with Gasteiger partial charge in [0.05, 0.1) is 42.6 Å². The van der Waals surface area contributed by atoms with Gasteiger partial charge in [-0.3, -0.25) is 0 Å². The zero-order valence-corrected chi connectivity index (χ0v) is 10.4. The molecular formula is C13H17N3O2. The van der Waals surface area contributed by atoms with E-state index in [9.17, 15) is 5.11 Å². The van der Waals surface area contributed by atoms with Gasteiger partial charge in [0.2, 0.25) is 0 Å². The summed E-state index contributed by atoms with van der Waals surface area (Å²) < 4.78 is 5.22. The van der Waals surface area contributed by atoms with E-state index >= 15 is 0 Å². The van der Waals surface area contributed by atoms with Crippen molar-refractivity contribution in [2.24, 2.45) is 5.41 Å². The second-order valence-corrected chi connectivity index (χ2v) is 5.11. The Kier molecular flexibility index (Phi) is 2.72. The number of fused-ring (bicyclic) bond motifs is 1. The van der Waals surface area contributed by atoms with Crippen LogP contribution in [0.15, 0.2) is 24.5 Å². The molecule has 1 aliphatic heterocycles. The van der Waals surface area contributed by atoms with Crippen molar-refractivity contribution >= 4 is 16.7 Å². The Labute approximate surface area is 105 Å². The number of aromatic amines is 1. The first kappa shape index (κ1) is 11.5. The van der Waals surface area contributed by atoms with Crippen LogP contribution in [0.5, 0.6) is 0 Å². The van der Waals surface area contributed by atoms with Crippen LogP contribution in [0.2, 0.25) is 0 Å². The number of nitrogens with one attached hydrogen (secondary N) is 1. The van der Waals surface area contributed by atoms with E-state index < -0.39 is 0 Å². The van der Waals surface area contributed by atoms with E-state index in [0.717, 1.165) is 23.3 Å². The summed E-state index contributed by atoms with van der Waals surface area (Å²) in [4.78, 5) is 9.46. The fourth-order valence-corrected chi connectivity index (χ4v) is 2.38. The van der Waals surface area contributed by atoms with Gasteiger partial charge in [-0.2, -0.15) is 0 Å². The summed E-state index contributed by atoms with van der Waals surface area (Å²) in [5.41, 5.74) is 3.02. The molecule has 2 aromatic rings. The summed E-state index contributed by atoms with van der Waals surface area (Å²) in [6, 6.07) is 6.13. The average molecular weight is 247 g/mol. The van der Waals surface area contributed by atoms with Gasteiger partial charge < -0.3 is 19.7 Å². The third-order valence-electron chi connectivity index (χ3n) is 3.57. The van der Waals surface area contributed by atoms with Crippen LogP contribution in [0.25, 0.3) is 11.0 Å². The predicted molar refractivity (Wildman–Crippen MR) is 69.7 cm³/mol. The molecule has 96 valence electrons. The first-order valence-electron chi connectivity index (χ1n) is 6.05. The van der Waals surface area contributed by atoms with Crippen LogP contribution in [-0.2, 0) is 4.74 Å². The highest BCUT2D eigenvalue weighted by Gasteiger charge is 2.39. The molecule has 1 aromatic heterocycles. The van der Waals surface area contributed by atoms with Crippen LogP contribution in [0.4, 0.5) is 5.69 Å². The number of ether oxygens (including phenoxy) is 1. The summed E-state index contributed by atoms with van der Waals surface area (Å²) in [6.45, 7) is 2.24. The lowest BCUT2D eigenvalue weighted by molar-refractivity contribution is -0.130. The molecule has 0 saturated carbocycles. The van der Waals surface area contributed by atoms with E-state index in [-0.39, 0.29) is 12.0 Å². The second kappa shape index (κ2) is 4.26. The summed E-state index contributed by atoms with van der Waals surface area (Å²) >= 11 is 0. The van der Waals surface area contributed by atoms with E-state index in [0.29, 0.717) is 13.2 Å². The summed E-state index contributed by atoms with van der Waals surface area (Å²) in [5, 5.41) is 9.45. The van der Waals surface area contributed by atoms with Gasteiger partial charge in [-0.15, -0.1) is 0 Å². The maximum atomic E-state index is 9.45. The number of hydrogen-bond acceptors (Lipinski definition) is 4. The standard InChI is InChI=1S/C13H17N3O2/c1-16(5-13(6-17)7-18-8-13)10-2-3-11-12(4-10)15-9-14-11/h2-4,9,17H,5-8H2,1H3,(H,14,15).